The van der Waals surface area contributed by atoms with Crippen molar-refractivity contribution >= 4 is 28.5 Å². The standard InChI is InChI=1S/C15H13ClN4O/c1-20-13-7-11(4-5-12(13)19-15(20)16)14(21)18-9-10-3-2-6-17-8-10/h2-8H,9H2,1H3,(H,18,21). The zero-order chi connectivity index (χ0) is 14.8. The number of aromatic nitrogens is 3. The van der Waals surface area contributed by atoms with Gasteiger partial charge in [0.05, 0.1) is 11.0 Å². The minimum Gasteiger partial charge on any atom is -0.348 e. The van der Waals surface area contributed by atoms with Gasteiger partial charge in [0.1, 0.15) is 0 Å². The highest BCUT2D eigenvalue weighted by atomic mass is 35.5. The van der Waals surface area contributed by atoms with E-state index in [0.29, 0.717) is 17.4 Å². The molecule has 3 aromatic rings. The number of fused-ring (bicyclic) bond motifs is 1. The summed E-state index contributed by atoms with van der Waals surface area (Å²) in [4.78, 5) is 20.4. The largest absolute Gasteiger partial charge is 0.348 e. The number of nitrogens with one attached hydrogen (secondary N) is 1. The van der Waals surface area contributed by atoms with E-state index in [4.69, 9.17) is 11.6 Å². The Morgan fingerprint density at radius 2 is 2.24 bits per heavy atom. The molecular formula is C15H13ClN4O. The average Bonchev–Trinajstić information content (AvgIpc) is 2.80. The maximum absolute atomic E-state index is 12.2. The SMILES string of the molecule is Cn1c(Cl)nc2ccc(C(=O)NCc3cccnc3)cc21. The van der Waals surface area contributed by atoms with Crippen LogP contribution in [0.1, 0.15) is 15.9 Å². The van der Waals surface area contributed by atoms with E-state index in [2.05, 4.69) is 15.3 Å². The van der Waals surface area contributed by atoms with Gasteiger partial charge in [-0.15, -0.1) is 0 Å². The Kier molecular flexibility index (Phi) is 3.58. The molecule has 2 aromatic heterocycles. The molecule has 6 heteroatoms. The zero-order valence-corrected chi connectivity index (χ0v) is 12.1. The van der Waals surface area contributed by atoms with Crippen LogP contribution in [-0.2, 0) is 13.6 Å². The molecule has 0 aliphatic heterocycles. The molecule has 1 N–H and O–H groups in total. The third kappa shape index (κ3) is 2.73. The van der Waals surface area contributed by atoms with E-state index in [9.17, 15) is 4.79 Å². The molecule has 106 valence electrons. The number of amides is 1. The van der Waals surface area contributed by atoms with E-state index in [0.717, 1.165) is 16.6 Å². The van der Waals surface area contributed by atoms with Crippen molar-refractivity contribution < 1.29 is 4.79 Å². The van der Waals surface area contributed by atoms with Crippen LogP contribution in [0.25, 0.3) is 11.0 Å². The van der Waals surface area contributed by atoms with Gasteiger partial charge < -0.3 is 9.88 Å². The number of aryl methyl sites for hydroxylation is 1. The summed E-state index contributed by atoms with van der Waals surface area (Å²) >= 11 is 5.97. The molecule has 0 spiro atoms. The van der Waals surface area contributed by atoms with Crippen molar-refractivity contribution in [2.24, 2.45) is 7.05 Å². The highest BCUT2D eigenvalue weighted by Crippen LogP contribution is 2.19. The number of hydrogen-bond acceptors (Lipinski definition) is 3. The molecule has 3 rings (SSSR count). The van der Waals surface area contributed by atoms with Crippen molar-refractivity contribution in [2.75, 3.05) is 0 Å². The van der Waals surface area contributed by atoms with Crippen molar-refractivity contribution in [3.05, 3.63) is 59.1 Å². The summed E-state index contributed by atoms with van der Waals surface area (Å²) in [5, 5.41) is 3.27. The van der Waals surface area contributed by atoms with E-state index in [1.165, 1.54) is 0 Å². The first-order valence-corrected chi connectivity index (χ1v) is 6.82. The topological polar surface area (TPSA) is 59.8 Å². The van der Waals surface area contributed by atoms with Crippen LogP contribution in [0.2, 0.25) is 5.28 Å². The van der Waals surface area contributed by atoms with Crippen molar-refractivity contribution in [1.82, 2.24) is 19.9 Å². The van der Waals surface area contributed by atoms with Gasteiger partial charge >= 0.3 is 0 Å². The first-order chi connectivity index (χ1) is 10.1. The summed E-state index contributed by atoms with van der Waals surface area (Å²) in [6.45, 7) is 0.441. The van der Waals surface area contributed by atoms with Crippen LogP contribution in [0.4, 0.5) is 0 Å². The molecule has 21 heavy (non-hydrogen) atoms. The second-order valence-electron chi connectivity index (χ2n) is 4.69. The molecule has 0 aliphatic carbocycles. The summed E-state index contributed by atoms with van der Waals surface area (Å²) in [6, 6.07) is 9.07. The minimum absolute atomic E-state index is 0.141. The fourth-order valence-electron chi connectivity index (χ4n) is 2.09. The van der Waals surface area contributed by atoms with Crippen LogP contribution in [0, 0.1) is 0 Å². The van der Waals surface area contributed by atoms with E-state index in [-0.39, 0.29) is 5.91 Å². The van der Waals surface area contributed by atoms with E-state index >= 15 is 0 Å². The third-order valence-electron chi connectivity index (χ3n) is 3.26. The van der Waals surface area contributed by atoms with Crippen LogP contribution in [0.5, 0.6) is 0 Å². The molecule has 0 aliphatic rings. The monoisotopic (exact) mass is 300 g/mol. The first kappa shape index (κ1) is 13.6. The molecule has 5 nitrogen and oxygen atoms in total. The first-order valence-electron chi connectivity index (χ1n) is 6.44. The van der Waals surface area contributed by atoms with Gasteiger partial charge in [-0.2, -0.15) is 0 Å². The number of carbonyl (C=O) groups is 1. The molecule has 2 heterocycles. The predicted octanol–water partition coefficient (Wildman–Crippen LogP) is 2.55. The average molecular weight is 301 g/mol. The lowest BCUT2D eigenvalue weighted by Gasteiger charge is -2.05. The van der Waals surface area contributed by atoms with Crippen LogP contribution < -0.4 is 5.32 Å². The number of rotatable bonds is 3. The lowest BCUT2D eigenvalue weighted by atomic mass is 10.2. The van der Waals surface area contributed by atoms with Gasteiger partial charge in [0.2, 0.25) is 5.28 Å². The maximum atomic E-state index is 12.2. The van der Waals surface area contributed by atoms with Gasteiger partial charge in [0.15, 0.2) is 0 Å². The van der Waals surface area contributed by atoms with Gasteiger partial charge in [-0.25, -0.2) is 4.98 Å². The highest BCUT2D eigenvalue weighted by Gasteiger charge is 2.10. The Hall–Kier alpha value is -2.40. The van der Waals surface area contributed by atoms with Gasteiger partial charge in [-0.05, 0) is 41.4 Å². The van der Waals surface area contributed by atoms with Crippen molar-refractivity contribution in [1.29, 1.82) is 0 Å². The summed E-state index contributed by atoms with van der Waals surface area (Å²) in [6.07, 6.45) is 3.43. The summed E-state index contributed by atoms with van der Waals surface area (Å²) in [7, 11) is 1.81. The van der Waals surface area contributed by atoms with Crippen LogP contribution in [-0.4, -0.2) is 20.4 Å². The maximum Gasteiger partial charge on any atom is 0.251 e. The van der Waals surface area contributed by atoms with E-state index in [1.807, 2.05) is 19.2 Å². The second kappa shape index (κ2) is 5.54. The number of pyridine rings is 1. The molecule has 1 aromatic carbocycles. The normalized spacial score (nSPS) is 10.8. The number of halogens is 1. The van der Waals surface area contributed by atoms with Gasteiger partial charge in [0.25, 0.3) is 5.91 Å². The summed E-state index contributed by atoms with van der Waals surface area (Å²) in [5.74, 6) is -0.141. The lowest BCUT2D eigenvalue weighted by molar-refractivity contribution is 0.0951. The predicted molar refractivity (Wildman–Crippen MR) is 81.1 cm³/mol. The van der Waals surface area contributed by atoms with Gasteiger partial charge in [0, 0.05) is 31.5 Å². The number of carbonyl (C=O) groups excluding carboxylic acids is 1. The number of benzene rings is 1. The van der Waals surface area contributed by atoms with Gasteiger partial charge in [-0.1, -0.05) is 6.07 Å². The molecule has 1 amide bonds. The molecule has 0 unspecified atom stereocenters. The second-order valence-corrected chi connectivity index (χ2v) is 5.03. The Morgan fingerprint density at radius 3 is 3.00 bits per heavy atom. The molecule has 0 bridgehead atoms. The zero-order valence-electron chi connectivity index (χ0n) is 11.4. The fraction of sp³-hybridized carbons (Fsp3) is 0.133. The smallest absolute Gasteiger partial charge is 0.251 e. The number of nitrogens with zero attached hydrogens (tertiary/aromatic N) is 3. The molecule has 0 saturated carbocycles. The Bertz CT molecular complexity index is 798. The Morgan fingerprint density at radius 1 is 1.38 bits per heavy atom. The van der Waals surface area contributed by atoms with Gasteiger partial charge in [-0.3, -0.25) is 9.78 Å². The Labute approximate surface area is 126 Å². The van der Waals surface area contributed by atoms with Crippen LogP contribution >= 0.6 is 11.6 Å². The molecule has 0 fully saturated rings. The molecule has 0 atom stereocenters. The van der Waals surface area contributed by atoms with Crippen LogP contribution in [0.15, 0.2) is 42.7 Å². The number of hydrogen-bond donors (Lipinski definition) is 1. The molecular weight excluding hydrogens is 288 g/mol. The van der Waals surface area contributed by atoms with Crippen molar-refractivity contribution in [2.45, 2.75) is 6.54 Å². The summed E-state index contributed by atoms with van der Waals surface area (Å²) in [5.41, 5.74) is 3.13. The van der Waals surface area contributed by atoms with E-state index < -0.39 is 0 Å². The van der Waals surface area contributed by atoms with Crippen LogP contribution in [0.3, 0.4) is 0 Å². The molecule has 0 saturated heterocycles. The van der Waals surface area contributed by atoms with Crippen molar-refractivity contribution in [3.63, 3.8) is 0 Å². The minimum atomic E-state index is -0.141. The quantitative estimate of drug-likeness (QED) is 0.808. The molecule has 0 radical (unpaired) electrons. The fourth-order valence-corrected chi connectivity index (χ4v) is 2.27. The lowest BCUT2D eigenvalue weighted by Crippen LogP contribution is -2.22. The Balaban J connectivity index is 1.80. The van der Waals surface area contributed by atoms with E-state index in [1.54, 1.807) is 35.2 Å². The third-order valence-corrected chi connectivity index (χ3v) is 3.60. The van der Waals surface area contributed by atoms with Crippen molar-refractivity contribution in [3.8, 4) is 0 Å². The highest BCUT2D eigenvalue weighted by molar-refractivity contribution is 6.29. The summed E-state index contributed by atoms with van der Waals surface area (Å²) < 4.78 is 1.74. The number of imidazole rings is 1.